The number of ether oxygens (including phenoxy) is 1. The first kappa shape index (κ1) is 19.4. The van der Waals surface area contributed by atoms with Crippen LogP contribution in [0.2, 0.25) is 10.1 Å². The first-order valence-electron chi connectivity index (χ1n) is 8.92. The number of thioether (sulfide) groups is 1. The average molecular weight is 383 g/mol. The smallest absolute Gasteiger partial charge is 0.349 e. The molecule has 0 bridgehead atoms. The topological polar surface area (TPSA) is 47.9 Å². The Hall–Kier alpha value is -0.373. The predicted molar refractivity (Wildman–Crippen MR) is 103 cm³/mol. The van der Waals surface area contributed by atoms with E-state index in [4.69, 9.17) is 13.6 Å². The third kappa shape index (κ3) is 3.45. The molecule has 0 aromatic heterocycles. The van der Waals surface area contributed by atoms with Gasteiger partial charge in [0, 0.05) is 15.0 Å². The van der Waals surface area contributed by atoms with Crippen LogP contribution in [0.3, 0.4) is 0 Å². The van der Waals surface area contributed by atoms with Crippen LogP contribution in [0.5, 0.6) is 0 Å². The summed E-state index contributed by atoms with van der Waals surface area (Å²) in [6.07, 6.45) is -1.18. The van der Waals surface area contributed by atoms with Crippen LogP contribution in [0.1, 0.15) is 41.5 Å². The number of aliphatic hydroxyl groups excluding tert-OH is 1. The molecule has 4 atom stereocenters. The van der Waals surface area contributed by atoms with E-state index in [0.29, 0.717) is 6.61 Å². The zero-order chi connectivity index (χ0) is 18.5. The summed E-state index contributed by atoms with van der Waals surface area (Å²) in [5.74, 6) is 0. The third-order valence-corrected chi connectivity index (χ3v) is 11.3. The summed E-state index contributed by atoms with van der Waals surface area (Å²) in [7, 11) is -2.58. The van der Waals surface area contributed by atoms with E-state index in [1.54, 1.807) is 11.8 Å². The van der Waals surface area contributed by atoms with E-state index in [2.05, 4.69) is 41.5 Å². The fourth-order valence-corrected chi connectivity index (χ4v) is 10.1. The van der Waals surface area contributed by atoms with Gasteiger partial charge in [0.2, 0.25) is 0 Å². The molecule has 2 aliphatic rings. The Bertz CT molecular complexity index is 582. The zero-order valence-electron chi connectivity index (χ0n) is 16.0. The van der Waals surface area contributed by atoms with E-state index in [1.165, 1.54) is 0 Å². The maximum Gasteiger partial charge on any atom is 0.349 e. The van der Waals surface area contributed by atoms with Crippen LogP contribution in [0.15, 0.2) is 35.2 Å². The molecule has 2 aliphatic heterocycles. The SMILES string of the molecule is CC(C)(C)[Si]1(C(C)(C)C)OC[C@H]2O[C@H](Sc3ccccc3)[C@@H](O)[C@@H]2O1. The Balaban J connectivity index is 1.81. The number of rotatable bonds is 2. The molecular weight excluding hydrogens is 352 g/mol. The summed E-state index contributed by atoms with van der Waals surface area (Å²) in [5, 5.41) is 10.7. The second kappa shape index (κ2) is 6.66. The van der Waals surface area contributed by atoms with Crippen LogP contribution >= 0.6 is 11.8 Å². The molecule has 0 amide bonds. The van der Waals surface area contributed by atoms with Crippen molar-refractivity contribution in [2.45, 2.75) is 80.3 Å². The van der Waals surface area contributed by atoms with Crippen LogP contribution in [-0.2, 0) is 13.6 Å². The number of benzene rings is 1. The Labute approximate surface area is 156 Å². The maximum atomic E-state index is 10.9. The largest absolute Gasteiger partial charge is 0.391 e. The molecule has 0 spiro atoms. The minimum atomic E-state index is -2.58. The van der Waals surface area contributed by atoms with E-state index in [9.17, 15) is 5.11 Å². The molecule has 25 heavy (non-hydrogen) atoms. The van der Waals surface area contributed by atoms with Gasteiger partial charge in [-0.25, -0.2) is 0 Å². The van der Waals surface area contributed by atoms with Crippen LogP contribution in [0.25, 0.3) is 0 Å². The average Bonchev–Trinajstić information content (AvgIpc) is 2.82. The van der Waals surface area contributed by atoms with Crippen molar-refractivity contribution in [2.75, 3.05) is 6.61 Å². The van der Waals surface area contributed by atoms with Gasteiger partial charge >= 0.3 is 8.56 Å². The minimum Gasteiger partial charge on any atom is -0.391 e. The van der Waals surface area contributed by atoms with Crippen molar-refractivity contribution in [3.05, 3.63) is 30.3 Å². The normalized spacial score (nSPS) is 32.4. The molecule has 1 aromatic carbocycles. The molecular formula is C19H30O4SSi. The second-order valence-corrected chi connectivity index (χ2v) is 14.9. The van der Waals surface area contributed by atoms with Gasteiger partial charge in [-0.3, -0.25) is 0 Å². The highest BCUT2D eigenvalue weighted by Crippen LogP contribution is 2.55. The number of hydrogen-bond acceptors (Lipinski definition) is 5. The van der Waals surface area contributed by atoms with E-state index in [-0.39, 0.29) is 27.7 Å². The summed E-state index contributed by atoms with van der Waals surface area (Å²) in [6, 6.07) is 10.0. The monoisotopic (exact) mass is 382 g/mol. The standard InChI is InChI=1S/C19H30O4SSi/c1-18(2,3)25(19(4,5)6)21-12-14-16(23-25)15(20)17(22-14)24-13-10-8-7-9-11-13/h7-11,14-17,20H,12H2,1-6H3/t14-,15+,16-,17-/m1/s1. The van der Waals surface area contributed by atoms with Gasteiger partial charge in [-0.15, -0.1) is 0 Å². The Morgan fingerprint density at radius 1 is 1.04 bits per heavy atom. The molecule has 2 heterocycles. The first-order chi connectivity index (χ1) is 11.6. The number of hydrogen-bond donors (Lipinski definition) is 1. The summed E-state index contributed by atoms with van der Waals surface area (Å²) >= 11 is 1.55. The maximum absolute atomic E-state index is 10.9. The van der Waals surface area contributed by atoms with Crippen LogP contribution in [0, 0.1) is 0 Å². The second-order valence-electron chi connectivity index (χ2n) is 8.97. The van der Waals surface area contributed by atoms with Crippen molar-refractivity contribution in [1.82, 2.24) is 0 Å². The molecule has 2 saturated heterocycles. The highest BCUT2D eigenvalue weighted by Gasteiger charge is 2.64. The fourth-order valence-electron chi connectivity index (χ4n) is 4.05. The summed E-state index contributed by atoms with van der Waals surface area (Å²) < 4.78 is 19.1. The Morgan fingerprint density at radius 2 is 1.64 bits per heavy atom. The Morgan fingerprint density at radius 3 is 2.20 bits per heavy atom. The Kier molecular flexibility index (Phi) is 5.16. The number of fused-ring (bicyclic) bond motifs is 1. The lowest BCUT2D eigenvalue weighted by Crippen LogP contribution is -2.65. The lowest BCUT2D eigenvalue weighted by molar-refractivity contribution is -0.0681. The molecule has 2 fully saturated rings. The van der Waals surface area contributed by atoms with Crippen LogP contribution in [-0.4, -0.2) is 44.0 Å². The van der Waals surface area contributed by atoms with Gasteiger partial charge in [0.15, 0.2) is 0 Å². The first-order valence-corrected chi connectivity index (χ1v) is 11.6. The van der Waals surface area contributed by atoms with Crippen molar-refractivity contribution in [1.29, 1.82) is 0 Å². The van der Waals surface area contributed by atoms with Crippen molar-refractivity contribution < 1.29 is 18.7 Å². The van der Waals surface area contributed by atoms with Crippen molar-refractivity contribution in [3.8, 4) is 0 Å². The number of aliphatic hydroxyl groups is 1. The molecule has 0 radical (unpaired) electrons. The third-order valence-electron chi connectivity index (χ3n) is 5.01. The van der Waals surface area contributed by atoms with Gasteiger partial charge in [0.05, 0.1) is 6.61 Å². The summed E-state index contributed by atoms with van der Waals surface area (Å²) in [6.45, 7) is 13.6. The molecule has 0 saturated carbocycles. The van der Waals surface area contributed by atoms with Crippen LogP contribution in [0.4, 0.5) is 0 Å². The molecule has 0 unspecified atom stereocenters. The molecule has 1 aromatic rings. The lowest BCUT2D eigenvalue weighted by atomic mass is 10.1. The van der Waals surface area contributed by atoms with Crippen molar-refractivity contribution in [2.24, 2.45) is 0 Å². The summed E-state index contributed by atoms with van der Waals surface area (Å²) in [4.78, 5) is 1.08. The highest BCUT2D eigenvalue weighted by molar-refractivity contribution is 7.99. The van der Waals surface area contributed by atoms with Gasteiger partial charge in [0.1, 0.15) is 23.7 Å². The minimum absolute atomic E-state index is 0.0966. The van der Waals surface area contributed by atoms with E-state index in [1.807, 2.05) is 30.3 Å². The summed E-state index contributed by atoms with van der Waals surface area (Å²) in [5.41, 5.74) is -0.328. The fraction of sp³-hybridized carbons (Fsp3) is 0.684. The van der Waals surface area contributed by atoms with Crippen molar-refractivity contribution in [3.63, 3.8) is 0 Å². The van der Waals surface area contributed by atoms with Gasteiger partial charge < -0.3 is 18.7 Å². The molecule has 1 N–H and O–H groups in total. The predicted octanol–water partition coefficient (Wildman–Crippen LogP) is 4.32. The van der Waals surface area contributed by atoms with Gasteiger partial charge in [-0.1, -0.05) is 71.5 Å². The molecule has 6 heteroatoms. The highest BCUT2D eigenvalue weighted by atomic mass is 32.2. The van der Waals surface area contributed by atoms with Gasteiger partial charge in [-0.2, -0.15) is 0 Å². The van der Waals surface area contributed by atoms with Crippen LogP contribution < -0.4 is 0 Å². The van der Waals surface area contributed by atoms with E-state index in [0.717, 1.165) is 4.90 Å². The molecule has 0 aliphatic carbocycles. The quantitative estimate of drug-likeness (QED) is 0.772. The van der Waals surface area contributed by atoms with Gasteiger partial charge in [-0.05, 0) is 12.1 Å². The van der Waals surface area contributed by atoms with E-state index >= 15 is 0 Å². The molecule has 140 valence electrons. The van der Waals surface area contributed by atoms with Gasteiger partial charge in [0.25, 0.3) is 0 Å². The molecule has 3 rings (SSSR count). The zero-order valence-corrected chi connectivity index (χ0v) is 17.8. The van der Waals surface area contributed by atoms with E-state index < -0.39 is 14.7 Å². The molecule has 4 nitrogen and oxygen atoms in total. The van der Waals surface area contributed by atoms with Crippen molar-refractivity contribution >= 4 is 20.3 Å². The lowest BCUT2D eigenvalue weighted by Gasteiger charge is -2.53.